The van der Waals surface area contributed by atoms with E-state index in [0.717, 1.165) is 0 Å². The first-order valence-electron chi connectivity index (χ1n) is 9.64. The van der Waals surface area contributed by atoms with Crippen LogP contribution in [0.15, 0.2) is 53.6 Å². The van der Waals surface area contributed by atoms with Crippen LogP contribution in [-0.2, 0) is 21.4 Å². The lowest BCUT2D eigenvalue weighted by atomic mass is 10.0. The minimum Gasteiger partial charge on any atom is -0.350 e. The van der Waals surface area contributed by atoms with Crippen LogP contribution in [0.5, 0.6) is 0 Å². The van der Waals surface area contributed by atoms with Crippen molar-refractivity contribution in [3.63, 3.8) is 0 Å². The Morgan fingerprint density at radius 1 is 1.19 bits per heavy atom. The molecule has 0 aliphatic heterocycles. The van der Waals surface area contributed by atoms with Crippen LogP contribution in [0.3, 0.4) is 0 Å². The van der Waals surface area contributed by atoms with E-state index in [4.69, 9.17) is 5.14 Å². The number of halogens is 1. The van der Waals surface area contributed by atoms with Gasteiger partial charge in [-0.2, -0.15) is 0 Å². The molecule has 0 fully saturated rings. The summed E-state index contributed by atoms with van der Waals surface area (Å²) in [6.07, 6.45) is 1.63. The third kappa shape index (κ3) is 5.33. The van der Waals surface area contributed by atoms with E-state index in [9.17, 15) is 17.6 Å². The fraction of sp³-hybridized carbons (Fsp3) is 0.286. The molecule has 31 heavy (non-hydrogen) atoms. The van der Waals surface area contributed by atoms with Gasteiger partial charge in [0.15, 0.2) is 0 Å². The van der Waals surface area contributed by atoms with E-state index in [1.54, 1.807) is 37.4 Å². The van der Waals surface area contributed by atoms with Crippen molar-refractivity contribution in [2.45, 2.75) is 38.3 Å². The Morgan fingerprint density at radius 3 is 2.45 bits per heavy atom. The quantitative estimate of drug-likeness (QED) is 0.579. The van der Waals surface area contributed by atoms with Gasteiger partial charge in [-0.3, -0.25) is 4.79 Å². The highest BCUT2D eigenvalue weighted by atomic mass is 32.2. The maximum atomic E-state index is 13.7. The highest BCUT2D eigenvalue weighted by molar-refractivity contribution is 7.89. The summed E-state index contributed by atoms with van der Waals surface area (Å²) in [5.74, 6) is -0.674. The molecule has 164 valence electrons. The van der Waals surface area contributed by atoms with Gasteiger partial charge in [-0.05, 0) is 42.2 Å². The van der Waals surface area contributed by atoms with Crippen LogP contribution in [0, 0.1) is 18.7 Å². The number of amides is 1. The number of hydrogen-bond acceptors (Lipinski definition) is 5. The van der Waals surface area contributed by atoms with Crippen LogP contribution in [0.1, 0.15) is 31.0 Å². The smallest absolute Gasteiger partial charge is 0.245 e. The molecule has 0 aliphatic rings. The molecule has 3 N–H and O–H groups in total. The molecule has 1 atom stereocenters. The number of carbonyl (C=O) groups excluding carboxylic acids is 1. The number of rotatable bonds is 7. The zero-order valence-electron chi connectivity index (χ0n) is 17.4. The molecule has 8 nitrogen and oxygen atoms in total. The molecule has 3 aromatic rings. The molecule has 0 saturated heterocycles. The monoisotopic (exact) mass is 445 g/mol. The summed E-state index contributed by atoms with van der Waals surface area (Å²) >= 11 is 0. The van der Waals surface area contributed by atoms with Gasteiger partial charge in [-0.15, -0.1) is 5.10 Å². The van der Waals surface area contributed by atoms with Crippen molar-refractivity contribution in [3.8, 4) is 11.3 Å². The molecular weight excluding hydrogens is 421 g/mol. The van der Waals surface area contributed by atoms with Gasteiger partial charge in [0.1, 0.15) is 17.6 Å². The fourth-order valence-electron chi connectivity index (χ4n) is 3.13. The molecule has 3 rings (SSSR count). The lowest BCUT2D eigenvalue weighted by Crippen LogP contribution is -2.35. The van der Waals surface area contributed by atoms with Crippen LogP contribution in [0.2, 0.25) is 0 Å². The normalized spacial score (nSPS) is 12.7. The maximum Gasteiger partial charge on any atom is 0.245 e. The first-order chi connectivity index (χ1) is 14.6. The summed E-state index contributed by atoms with van der Waals surface area (Å²) in [6, 6.07) is 10.1. The highest BCUT2D eigenvalue weighted by Crippen LogP contribution is 2.23. The molecule has 2 aromatic carbocycles. The van der Waals surface area contributed by atoms with Crippen molar-refractivity contribution < 1.29 is 17.6 Å². The lowest BCUT2D eigenvalue weighted by molar-refractivity contribution is -0.126. The molecule has 0 radical (unpaired) electrons. The van der Waals surface area contributed by atoms with Crippen molar-refractivity contribution in [1.29, 1.82) is 0 Å². The second kappa shape index (κ2) is 8.94. The molecule has 1 aromatic heterocycles. The van der Waals surface area contributed by atoms with Gasteiger partial charge in [0.25, 0.3) is 0 Å². The van der Waals surface area contributed by atoms with Gasteiger partial charge in [0.05, 0.1) is 11.1 Å². The van der Waals surface area contributed by atoms with Crippen LogP contribution < -0.4 is 10.5 Å². The number of sulfonamides is 1. The van der Waals surface area contributed by atoms with Gasteiger partial charge in [-0.25, -0.2) is 22.6 Å². The number of benzene rings is 2. The SMILES string of the molecule is Cc1ccc(CNC(=O)C(C(C)C)n2cc(-c3ccc(S(N)(=O)=O)cc3)nn2)cc1F. The van der Waals surface area contributed by atoms with Gasteiger partial charge < -0.3 is 5.32 Å². The standard InChI is InChI=1S/C21H24FN5O3S/c1-13(2)20(21(28)24-11-15-5-4-14(3)18(22)10-15)27-12-19(25-26-27)16-6-8-17(9-7-16)31(23,29)30/h4-10,12-13,20H,11H2,1-3H3,(H,24,28)(H2,23,29,30). The summed E-state index contributed by atoms with van der Waals surface area (Å²) in [4.78, 5) is 12.8. The summed E-state index contributed by atoms with van der Waals surface area (Å²) in [5, 5.41) is 16.1. The largest absolute Gasteiger partial charge is 0.350 e. The number of nitrogens with zero attached hydrogens (tertiary/aromatic N) is 3. The Bertz CT molecular complexity index is 1190. The minimum absolute atomic E-state index is 0.00406. The van der Waals surface area contributed by atoms with Gasteiger partial charge in [0.2, 0.25) is 15.9 Å². The summed E-state index contributed by atoms with van der Waals surface area (Å²) in [5.41, 5.74) is 2.33. The third-order valence-corrected chi connectivity index (χ3v) is 5.81. The predicted molar refractivity (Wildman–Crippen MR) is 114 cm³/mol. The predicted octanol–water partition coefficient (Wildman–Crippen LogP) is 2.55. The Hall–Kier alpha value is -3.11. The Balaban J connectivity index is 1.76. The first-order valence-corrected chi connectivity index (χ1v) is 11.2. The Morgan fingerprint density at radius 2 is 1.87 bits per heavy atom. The van der Waals surface area contributed by atoms with Crippen molar-refractivity contribution in [3.05, 3.63) is 65.6 Å². The summed E-state index contributed by atoms with van der Waals surface area (Å²) in [7, 11) is -3.78. The van der Waals surface area contributed by atoms with E-state index >= 15 is 0 Å². The molecule has 1 unspecified atom stereocenters. The molecular formula is C21H24FN5O3S. The molecule has 0 saturated carbocycles. The summed E-state index contributed by atoms with van der Waals surface area (Å²) < 4.78 is 38.0. The topological polar surface area (TPSA) is 120 Å². The van der Waals surface area contributed by atoms with E-state index in [2.05, 4.69) is 15.6 Å². The van der Waals surface area contributed by atoms with E-state index in [1.807, 2.05) is 13.8 Å². The van der Waals surface area contributed by atoms with Crippen molar-refractivity contribution in [1.82, 2.24) is 20.3 Å². The zero-order chi connectivity index (χ0) is 22.8. The van der Waals surface area contributed by atoms with Gasteiger partial charge in [-0.1, -0.05) is 43.3 Å². The van der Waals surface area contributed by atoms with E-state index in [1.165, 1.54) is 22.9 Å². The molecule has 0 bridgehead atoms. The molecule has 1 amide bonds. The molecule has 0 aliphatic carbocycles. The number of aromatic nitrogens is 3. The number of aryl methyl sites for hydroxylation is 1. The second-order valence-electron chi connectivity index (χ2n) is 7.64. The van der Waals surface area contributed by atoms with Crippen molar-refractivity contribution in [2.75, 3.05) is 0 Å². The van der Waals surface area contributed by atoms with Crippen LogP contribution in [-0.4, -0.2) is 29.3 Å². The van der Waals surface area contributed by atoms with Crippen LogP contribution >= 0.6 is 0 Å². The van der Waals surface area contributed by atoms with E-state index in [0.29, 0.717) is 22.4 Å². The lowest BCUT2D eigenvalue weighted by Gasteiger charge is -2.20. The number of carbonyl (C=O) groups is 1. The highest BCUT2D eigenvalue weighted by Gasteiger charge is 2.25. The second-order valence-corrected chi connectivity index (χ2v) is 9.20. The minimum atomic E-state index is -3.78. The number of primary sulfonamides is 1. The van der Waals surface area contributed by atoms with Gasteiger partial charge in [0, 0.05) is 12.1 Å². The van der Waals surface area contributed by atoms with Crippen LogP contribution in [0.4, 0.5) is 4.39 Å². The molecule has 10 heteroatoms. The summed E-state index contributed by atoms with van der Waals surface area (Å²) in [6.45, 7) is 5.64. The Kier molecular flexibility index (Phi) is 6.51. The van der Waals surface area contributed by atoms with Crippen molar-refractivity contribution in [2.24, 2.45) is 11.1 Å². The van der Waals surface area contributed by atoms with E-state index < -0.39 is 16.1 Å². The van der Waals surface area contributed by atoms with Gasteiger partial charge >= 0.3 is 0 Å². The first kappa shape index (κ1) is 22.6. The van der Waals surface area contributed by atoms with Crippen LogP contribution in [0.25, 0.3) is 11.3 Å². The number of hydrogen-bond donors (Lipinski definition) is 2. The van der Waals surface area contributed by atoms with E-state index in [-0.39, 0.29) is 29.1 Å². The fourth-order valence-corrected chi connectivity index (χ4v) is 3.64. The third-order valence-electron chi connectivity index (χ3n) is 4.88. The maximum absolute atomic E-state index is 13.7. The molecule has 1 heterocycles. The Labute approximate surface area is 180 Å². The molecule has 0 spiro atoms. The van der Waals surface area contributed by atoms with Crippen molar-refractivity contribution >= 4 is 15.9 Å². The number of nitrogens with one attached hydrogen (secondary N) is 1. The zero-order valence-corrected chi connectivity index (χ0v) is 18.2. The average molecular weight is 446 g/mol. The number of nitrogens with two attached hydrogens (primary N) is 1. The average Bonchev–Trinajstić information content (AvgIpc) is 3.17.